The first-order chi connectivity index (χ1) is 20.9. The molecule has 0 radical (unpaired) electrons. The van der Waals surface area contributed by atoms with Crippen molar-refractivity contribution < 1.29 is 14.4 Å². The molecule has 4 N–H and O–H groups in total. The van der Waals surface area contributed by atoms with Crippen LogP contribution in [0.3, 0.4) is 0 Å². The molecule has 0 aromatic rings. The zero-order chi connectivity index (χ0) is 33.8. The van der Waals surface area contributed by atoms with Crippen molar-refractivity contribution in [2.45, 2.75) is 130 Å². The van der Waals surface area contributed by atoms with Crippen LogP contribution in [0.2, 0.25) is 0 Å². The van der Waals surface area contributed by atoms with Gasteiger partial charge in [0.2, 0.25) is 17.7 Å². The number of primary amides is 2. The molecule has 0 aromatic heterocycles. The highest BCUT2D eigenvalue weighted by atomic mass is 16.2. The summed E-state index contributed by atoms with van der Waals surface area (Å²) in [7, 11) is 8.24. The highest BCUT2D eigenvalue weighted by Gasteiger charge is 2.16. The van der Waals surface area contributed by atoms with Gasteiger partial charge in [0.15, 0.2) is 0 Å². The Hall–Kier alpha value is -2.45. The number of hydrogen-bond acceptors (Lipinski definition) is 5. The van der Waals surface area contributed by atoms with Crippen molar-refractivity contribution in [3.05, 3.63) is 35.6 Å². The molecule has 0 aromatic carbocycles. The summed E-state index contributed by atoms with van der Waals surface area (Å²) in [6, 6.07) is 0. The number of amides is 3. The third-order valence-electron chi connectivity index (χ3n) is 7.79. The fraction of sp³-hybridized carbons (Fsp3) is 0.750. The zero-order valence-electron chi connectivity index (χ0n) is 29.7. The number of carbonyl (C=O) groups excluding carboxylic acids is 3. The van der Waals surface area contributed by atoms with Gasteiger partial charge in [-0.2, -0.15) is 0 Å². The second-order valence-corrected chi connectivity index (χ2v) is 12.5. The van der Waals surface area contributed by atoms with Gasteiger partial charge in [-0.1, -0.05) is 82.9 Å². The van der Waals surface area contributed by atoms with E-state index in [1.807, 2.05) is 27.1 Å². The monoisotopic (exact) mass is 620 g/mol. The molecule has 44 heavy (non-hydrogen) atoms. The molecule has 0 aliphatic carbocycles. The van der Waals surface area contributed by atoms with Crippen LogP contribution in [0, 0.1) is 0 Å². The van der Waals surface area contributed by atoms with Gasteiger partial charge < -0.3 is 26.2 Å². The van der Waals surface area contributed by atoms with Crippen LogP contribution in [0.15, 0.2) is 35.6 Å². The van der Waals surface area contributed by atoms with E-state index in [9.17, 15) is 14.4 Å². The number of hydrogen-bond donors (Lipinski definition) is 2. The Morgan fingerprint density at radius 3 is 1.70 bits per heavy atom. The molecule has 1 aliphatic rings. The van der Waals surface area contributed by atoms with Gasteiger partial charge >= 0.3 is 0 Å². The average molecular weight is 620 g/mol. The summed E-state index contributed by atoms with van der Waals surface area (Å²) in [6.45, 7) is 12.4. The van der Waals surface area contributed by atoms with Crippen molar-refractivity contribution in [3.8, 4) is 0 Å². The molecule has 1 saturated heterocycles. The molecule has 1 rings (SSSR count). The van der Waals surface area contributed by atoms with Gasteiger partial charge in [-0.05, 0) is 106 Å². The largest absolute Gasteiger partial charge is 0.366 e. The van der Waals surface area contributed by atoms with E-state index in [1.165, 1.54) is 69.8 Å². The summed E-state index contributed by atoms with van der Waals surface area (Å²) in [6.07, 6.45) is 23.8. The van der Waals surface area contributed by atoms with Gasteiger partial charge in [-0.25, -0.2) is 0 Å². The Morgan fingerprint density at radius 2 is 1.30 bits per heavy atom. The van der Waals surface area contributed by atoms with Crippen LogP contribution in [0.25, 0.3) is 0 Å². The Bertz CT molecular complexity index is 849. The predicted molar refractivity (Wildman–Crippen MR) is 188 cm³/mol. The molecule has 0 saturated carbocycles. The molecule has 1 aliphatic heterocycles. The smallest absolute Gasteiger partial charge is 0.244 e. The second-order valence-electron chi connectivity index (χ2n) is 12.5. The third-order valence-corrected chi connectivity index (χ3v) is 7.79. The SMILES string of the molecule is C=CN1CCCC1=O.CC(=CCCCN(C)C)C(N)=O.CCCCCCCCCCCCC(CCCN(C)C)=C(C)C(N)=O. The molecule has 1 heterocycles. The number of rotatable bonds is 22. The maximum absolute atomic E-state index is 11.5. The van der Waals surface area contributed by atoms with Crippen molar-refractivity contribution in [1.82, 2.24) is 14.7 Å². The lowest BCUT2D eigenvalue weighted by molar-refractivity contribution is -0.125. The predicted octanol–water partition coefficient (Wildman–Crippen LogP) is 6.95. The number of carbonyl (C=O) groups is 3. The number of nitrogens with two attached hydrogens (primary N) is 2. The summed E-state index contributed by atoms with van der Waals surface area (Å²) in [5.41, 5.74) is 13.3. The maximum Gasteiger partial charge on any atom is 0.244 e. The van der Waals surface area contributed by atoms with Crippen LogP contribution in [0.1, 0.15) is 130 Å². The molecule has 1 fully saturated rings. The van der Waals surface area contributed by atoms with Gasteiger partial charge in [0.25, 0.3) is 0 Å². The summed E-state index contributed by atoms with van der Waals surface area (Å²) >= 11 is 0. The summed E-state index contributed by atoms with van der Waals surface area (Å²) in [5, 5.41) is 0. The van der Waals surface area contributed by atoms with Crippen molar-refractivity contribution in [2.24, 2.45) is 11.5 Å². The first kappa shape index (κ1) is 43.7. The van der Waals surface area contributed by atoms with E-state index in [2.05, 4.69) is 37.4 Å². The van der Waals surface area contributed by atoms with E-state index in [4.69, 9.17) is 11.5 Å². The number of allylic oxidation sites excluding steroid dienone is 2. The molecule has 0 unspecified atom stereocenters. The maximum atomic E-state index is 11.5. The fourth-order valence-corrected chi connectivity index (χ4v) is 4.80. The highest BCUT2D eigenvalue weighted by molar-refractivity contribution is 5.92. The topological polar surface area (TPSA) is 113 Å². The van der Waals surface area contributed by atoms with Crippen molar-refractivity contribution in [2.75, 3.05) is 47.8 Å². The molecular formula is C36H69N5O3. The van der Waals surface area contributed by atoms with E-state index >= 15 is 0 Å². The van der Waals surface area contributed by atoms with Gasteiger partial charge in [0.1, 0.15) is 0 Å². The molecule has 8 heteroatoms. The van der Waals surface area contributed by atoms with E-state index < -0.39 is 0 Å². The number of likely N-dealkylation sites (tertiary alicyclic amines) is 1. The first-order valence-corrected chi connectivity index (χ1v) is 17.0. The van der Waals surface area contributed by atoms with Crippen LogP contribution in [-0.4, -0.2) is 80.2 Å². The molecule has 0 atom stereocenters. The first-order valence-electron chi connectivity index (χ1n) is 17.0. The molecule has 3 amide bonds. The van der Waals surface area contributed by atoms with E-state index in [0.717, 1.165) is 63.7 Å². The van der Waals surface area contributed by atoms with Crippen LogP contribution >= 0.6 is 0 Å². The van der Waals surface area contributed by atoms with Crippen LogP contribution in [-0.2, 0) is 14.4 Å². The zero-order valence-corrected chi connectivity index (χ0v) is 29.7. The standard InChI is InChI=1S/C21H42N2O.C9H18N2O.C6H9NO/c1-5-6-7-8-9-10-11-12-13-14-16-20(19(2)21(22)24)17-15-18-23(3)4;1-8(9(10)12)6-4-5-7-11(2)3;1-2-7-5-3-4-6(7)8/h5-18H2,1-4H3,(H2,22,24);6H,4-5,7H2,1-3H3,(H2,10,12);2H,1,3-5H2. The van der Waals surface area contributed by atoms with E-state index in [0.29, 0.717) is 12.0 Å². The summed E-state index contributed by atoms with van der Waals surface area (Å²) in [4.78, 5) is 38.7. The van der Waals surface area contributed by atoms with Gasteiger partial charge in [0, 0.05) is 24.1 Å². The molecule has 0 spiro atoms. The second kappa shape index (κ2) is 29.3. The third kappa shape index (κ3) is 27.1. The Labute approximate surface area is 271 Å². The van der Waals surface area contributed by atoms with Crippen molar-refractivity contribution >= 4 is 17.7 Å². The minimum Gasteiger partial charge on any atom is -0.366 e. The number of unbranched alkanes of at least 4 members (excludes halogenated alkanes) is 10. The minimum absolute atomic E-state index is 0.208. The average Bonchev–Trinajstić information content (AvgIpc) is 3.39. The molecule has 8 nitrogen and oxygen atoms in total. The Kier molecular flexibility index (Phi) is 29.1. The lowest BCUT2D eigenvalue weighted by atomic mass is 9.96. The van der Waals surface area contributed by atoms with Crippen LogP contribution < -0.4 is 11.5 Å². The van der Waals surface area contributed by atoms with Crippen molar-refractivity contribution in [1.29, 1.82) is 0 Å². The Balaban J connectivity index is 0. The van der Waals surface area contributed by atoms with E-state index in [-0.39, 0.29) is 17.7 Å². The molecular weight excluding hydrogens is 550 g/mol. The fourth-order valence-electron chi connectivity index (χ4n) is 4.80. The van der Waals surface area contributed by atoms with Crippen LogP contribution in [0.4, 0.5) is 0 Å². The van der Waals surface area contributed by atoms with Gasteiger partial charge in [-0.15, -0.1) is 0 Å². The normalized spacial score (nSPS) is 13.7. The quantitative estimate of drug-likeness (QED) is 0.101. The van der Waals surface area contributed by atoms with Gasteiger partial charge in [0.05, 0.1) is 0 Å². The summed E-state index contributed by atoms with van der Waals surface area (Å²) in [5.74, 6) is -0.359. The lowest BCUT2D eigenvalue weighted by Gasteiger charge is -2.13. The minimum atomic E-state index is -0.320. The number of nitrogens with zero attached hydrogens (tertiary/aromatic N) is 3. The molecule has 0 bridgehead atoms. The van der Waals surface area contributed by atoms with Crippen molar-refractivity contribution in [3.63, 3.8) is 0 Å². The van der Waals surface area contributed by atoms with E-state index in [1.54, 1.807) is 18.0 Å². The molecule has 256 valence electrons. The highest BCUT2D eigenvalue weighted by Crippen LogP contribution is 2.20. The van der Waals surface area contributed by atoms with Crippen LogP contribution in [0.5, 0.6) is 0 Å². The summed E-state index contributed by atoms with van der Waals surface area (Å²) < 4.78 is 0. The van der Waals surface area contributed by atoms with Gasteiger partial charge in [-0.3, -0.25) is 14.4 Å². The Morgan fingerprint density at radius 1 is 0.795 bits per heavy atom. The lowest BCUT2D eigenvalue weighted by Crippen LogP contribution is -2.16.